The van der Waals surface area contributed by atoms with Gasteiger partial charge in [0.1, 0.15) is 0 Å². The number of benzene rings is 1. The van der Waals surface area contributed by atoms with Gasteiger partial charge < -0.3 is 20.5 Å². The van der Waals surface area contributed by atoms with Gasteiger partial charge in [-0.2, -0.15) is 0 Å². The third kappa shape index (κ3) is 3.74. The molecule has 0 saturated heterocycles. The van der Waals surface area contributed by atoms with Gasteiger partial charge in [-0.25, -0.2) is 4.79 Å². The van der Waals surface area contributed by atoms with Crippen LogP contribution in [0.25, 0.3) is 10.9 Å². The number of hydrogen-bond acceptors (Lipinski definition) is 3. The van der Waals surface area contributed by atoms with Crippen molar-refractivity contribution >= 4 is 16.9 Å². The Morgan fingerprint density at radius 1 is 1.30 bits per heavy atom. The van der Waals surface area contributed by atoms with Crippen LogP contribution in [0, 0.1) is 0 Å². The number of rotatable bonds is 8. The summed E-state index contributed by atoms with van der Waals surface area (Å²) in [6.45, 7) is 5.43. The number of aromatic nitrogens is 1. The highest BCUT2D eigenvalue weighted by atomic mass is 16.4. The fraction of sp³-hybridized carbons (Fsp3) is 0.500. The number of fused-ring (bicyclic) bond motifs is 1. The van der Waals surface area contributed by atoms with Crippen molar-refractivity contribution in [3.8, 4) is 0 Å². The van der Waals surface area contributed by atoms with E-state index in [1.165, 1.54) is 0 Å². The van der Waals surface area contributed by atoms with E-state index in [2.05, 4.69) is 19.9 Å². The van der Waals surface area contributed by atoms with E-state index in [0.717, 1.165) is 34.9 Å². The zero-order valence-electron chi connectivity index (χ0n) is 13.9. The molecule has 1 aromatic carbocycles. The second kappa shape index (κ2) is 7.62. The lowest BCUT2D eigenvalue weighted by molar-refractivity contribution is 0.0698. The van der Waals surface area contributed by atoms with Crippen LogP contribution >= 0.6 is 0 Å². The van der Waals surface area contributed by atoms with E-state index < -0.39 is 5.97 Å². The molecule has 2 aromatic rings. The van der Waals surface area contributed by atoms with Gasteiger partial charge in [0.15, 0.2) is 0 Å². The first-order chi connectivity index (χ1) is 11.0. The number of hydrogen-bond donors (Lipinski definition) is 3. The van der Waals surface area contributed by atoms with Crippen LogP contribution in [0.15, 0.2) is 18.3 Å². The Labute approximate surface area is 136 Å². The summed E-state index contributed by atoms with van der Waals surface area (Å²) in [4.78, 5) is 11.8. The largest absolute Gasteiger partial charge is 0.478 e. The van der Waals surface area contributed by atoms with Gasteiger partial charge in [-0.3, -0.25) is 0 Å². The van der Waals surface area contributed by atoms with Crippen molar-refractivity contribution < 1.29 is 15.0 Å². The number of carboxylic acids is 1. The minimum atomic E-state index is -0.911. The first-order valence-corrected chi connectivity index (χ1v) is 8.19. The van der Waals surface area contributed by atoms with Gasteiger partial charge in [-0.05, 0) is 55.0 Å². The monoisotopic (exact) mass is 318 g/mol. The average molecular weight is 318 g/mol. The van der Waals surface area contributed by atoms with Crippen molar-refractivity contribution in [2.24, 2.45) is 5.73 Å². The van der Waals surface area contributed by atoms with Gasteiger partial charge in [-0.1, -0.05) is 13.8 Å². The lowest BCUT2D eigenvalue weighted by Gasteiger charge is -2.11. The van der Waals surface area contributed by atoms with Crippen molar-refractivity contribution in [3.05, 3.63) is 35.0 Å². The van der Waals surface area contributed by atoms with Crippen molar-refractivity contribution in [2.45, 2.75) is 45.6 Å². The zero-order chi connectivity index (χ0) is 17.0. The summed E-state index contributed by atoms with van der Waals surface area (Å²) in [6, 6.07) is 3.88. The Bertz CT molecular complexity index is 689. The van der Waals surface area contributed by atoms with Crippen LogP contribution < -0.4 is 5.73 Å². The Kier molecular flexibility index (Phi) is 5.80. The van der Waals surface area contributed by atoms with Gasteiger partial charge in [0.25, 0.3) is 0 Å². The molecule has 126 valence electrons. The lowest BCUT2D eigenvalue weighted by atomic mass is 9.96. The van der Waals surface area contributed by atoms with Crippen LogP contribution in [0.2, 0.25) is 0 Å². The summed E-state index contributed by atoms with van der Waals surface area (Å²) >= 11 is 0. The van der Waals surface area contributed by atoms with Crippen molar-refractivity contribution in [2.75, 3.05) is 13.2 Å². The number of aliphatic hydroxyl groups is 1. The first-order valence-electron chi connectivity index (χ1n) is 8.19. The van der Waals surface area contributed by atoms with E-state index >= 15 is 0 Å². The Morgan fingerprint density at radius 3 is 2.61 bits per heavy atom. The number of aromatic carboxylic acids is 1. The molecule has 5 heteroatoms. The fourth-order valence-electron chi connectivity index (χ4n) is 2.94. The van der Waals surface area contributed by atoms with Crippen LogP contribution in [0.5, 0.6) is 0 Å². The predicted molar refractivity (Wildman–Crippen MR) is 92.1 cm³/mol. The molecule has 0 fully saturated rings. The molecule has 23 heavy (non-hydrogen) atoms. The number of aliphatic hydroxyl groups excluding tert-OH is 1. The summed E-state index contributed by atoms with van der Waals surface area (Å²) in [7, 11) is 0. The van der Waals surface area contributed by atoms with E-state index in [-0.39, 0.29) is 12.5 Å². The third-order valence-electron chi connectivity index (χ3n) is 4.18. The maximum atomic E-state index is 11.8. The van der Waals surface area contributed by atoms with Crippen LogP contribution in [-0.4, -0.2) is 33.9 Å². The number of carboxylic acid groups (broad SMARTS) is 1. The van der Waals surface area contributed by atoms with Crippen LogP contribution in [0.1, 0.15) is 54.1 Å². The standard InChI is InChI=1S/C18H26N2O3/c1-12(2)14-9-15-13(5-3-6-19)11-20(7-4-8-21)17(15)16(10-14)18(22)23/h9-12,21H,3-8,19H2,1-2H3,(H,22,23). The van der Waals surface area contributed by atoms with Crippen molar-refractivity contribution in [1.82, 2.24) is 4.57 Å². The molecular weight excluding hydrogens is 292 g/mol. The van der Waals surface area contributed by atoms with E-state index in [1.807, 2.05) is 10.8 Å². The number of nitrogens with zero attached hydrogens (tertiary/aromatic N) is 1. The maximum absolute atomic E-state index is 11.8. The van der Waals surface area contributed by atoms with Gasteiger partial charge in [-0.15, -0.1) is 0 Å². The molecule has 0 spiro atoms. The highest BCUT2D eigenvalue weighted by Crippen LogP contribution is 2.30. The first kappa shape index (κ1) is 17.5. The average Bonchev–Trinajstić information content (AvgIpc) is 2.87. The Hall–Kier alpha value is -1.85. The Balaban J connectivity index is 2.68. The highest BCUT2D eigenvalue weighted by molar-refractivity contribution is 6.04. The highest BCUT2D eigenvalue weighted by Gasteiger charge is 2.18. The minimum absolute atomic E-state index is 0.0876. The van der Waals surface area contributed by atoms with Gasteiger partial charge >= 0.3 is 5.97 Å². The molecule has 0 radical (unpaired) electrons. The number of aryl methyl sites for hydroxylation is 2. The maximum Gasteiger partial charge on any atom is 0.337 e. The summed E-state index contributed by atoms with van der Waals surface area (Å²) in [5.74, 6) is -0.646. The molecule has 4 N–H and O–H groups in total. The molecule has 0 amide bonds. The second-order valence-corrected chi connectivity index (χ2v) is 6.24. The quantitative estimate of drug-likeness (QED) is 0.698. The second-order valence-electron chi connectivity index (χ2n) is 6.24. The summed E-state index contributed by atoms with van der Waals surface area (Å²) < 4.78 is 1.96. The zero-order valence-corrected chi connectivity index (χ0v) is 13.9. The van der Waals surface area contributed by atoms with E-state index in [4.69, 9.17) is 10.8 Å². The summed E-state index contributed by atoms with van der Waals surface area (Å²) in [6.07, 6.45) is 4.32. The molecule has 0 aliphatic rings. The molecule has 0 atom stereocenters. The smallest absolute Gasteiger partial charge is 0.337 e. The normalized spacial score (nSPS) is 11.5. The van der Waals surface area contributed by atoms with Crippen LogP contribution in [-0.2, 0) is 13.0 Å². The van der Waals surface area contributed by atoms with Gasteiger partial charge in [0, 0.05) is 24.7 Å². The molecule has 5 nitrogen and oxygen atoms in total. The van der Waals surface area contributed by atoms with Gasteiger partial charge in [0.2, 0.25) is 0 Å². The molecule has 2 rings (SSSR count). The number of nitrogens with two attached hydrogens (primary N) is 1. The molecule has 0 aliphatic heterocycles. The SMILES string of the molecule is CC(C)c1cc(C(=O)O)c2c(c1)c(CCCN)cn2CCCO. The topological polar surface area (TPSA) is 88.5 Å². The fourth-order valence-corrected chi connectivity index (χ4v) is 2.94. The van der Waals surface area contributed by atoms with E-state index in [9.17, 15) is 9.90 Å². The predicted octanol–water partition coefficient (Wildman–Crippen LogP) is 2.74. The Morgan fingerprint density at radius 2 is 2.04 bits per heavy atom. The van der Waals surface area contributed by atoms with Crippen molar-refractivity contribution in [1.29, 1.82) is 0 Å². The van der Waals surface area contributed by atoms with Crippen LogP contribution in [0.4, 0.5) is 0 Å². The molecule has 1 aromatic heterocycles. The molecular formula is C18H26N2O3. The van der Waals surface area contributed by atoms with E-state index in [1.54, 1.807) is 6.07 Å². The number of carbonyl (C=O) groups is 1. The summed E-state index contributed by atoms with van der Waals surface area (Å²) in [5.41, 5.74) is 8.88. The summed E-state index contributed by atoms with van der Waals surface area (Å²) in [5, 5.41) is 19.7. The molecule has 1 heterocycles. The third-order valence-corrected chi connectivity index (χ3v) is 4.18. The van der Waals surface area contributed by atoms with Crippen molar-refractivity contribution in [3.63, 3.8) is 0 Å². The molecule has 0 unspecified atom stereocenters. The van der Waals surface area contributed by atoms with E-state index in [0.29, 0.717) is 25.1 Å². The van der Waals surface area contributed by atoms with Gasteiger partial charge in [0.05, 0.1) is 11.1 Å². The van der Waals surface area contributed by atoms with Crippen LogP contribution in [0.3, 0.4) is 0 Å². The minimum Gasteiger partial charge on any atom is -0.478 e. The molecule has 0 aliphatic carbocycles. The molecule has 0 saturated carbocycles. The molecule has 0 bridgehead atoms. The lowest BCUT2D eigenvalue weighted by Crippen LogP contribution is -2.05.